The highest BCUT2D eigenvalue weighted by Crippen LogP contribution is 2.27. The lowest BCUT2D eigenvalue weighted by Crippen LogP contribution is -2.47. The lowest BCUT2D eigenvalue weighted by Gasteiger charge is -2.25. The normalized spacial score (nSPS) is 18.8. The summed E-state index contributed by atoms with van der Waals surface area (Å²) in [5.41, 5.74) is 5.81. The van der Waals surface area contributed by atoms with E-state index in [1.54, 1.807) is 0 Å². The van der Waals surface area contributed by atoms with Gasteiger partial charge in [0.25, 0.3) is 0 Å². The van der Waals surface area contributed by atoms with Crippen LogP contribution >= 0.6 is 0 Å². The lowest BCUT2D eigenvalue weighted by atomic mass is 10.0. The summed E-state index contributed by atoms with van der Waals surface area (Å²) in [7, 11) is 0. The van der Waals surface area contributed by atoms with Crippen LogP contribution in [0.25, 0.3) is 0 Å². The topological polar surface area (TPSA) is 46.3 Å². The highest BCUT2D eigenvalue weighted by atomic mass is 16.2. The number of amides is 1. The summed E-state index contributed by atoms with van der Waals surface area (Å²) >= 11 is 0. The Balaban J connectivity index is 2.52. The molecule has 1 atom stereocenters. The highest BCUT2D eigenvalue weighted by molar-refractivity contribution is 5.82. The molecule has 13 heavy (non-hydrogen) atoms. The van der Waals surface area contributed by atoms with Crippen molar-refractivity contribution in [3.8, 4) is 0 Å². The molecule has 0 aromatic heterocycles. The predicted molar refractivity (Wildman–Crippen MR) is 53.2 cm³/mol. The van der Waals surface area contributed by atoms with Gasteiger partial charge in [-0.05, 0) is 25.7 Å². The summed E-state index contributed by atoms with van der Waals surface area (Å²) in [6.45, 7) is 6.79. The van der Waals surface area contributed by atoms with Crippen molar-refractivity contribution in [2.24, 2.45) is 11.7 Å². The molecule has 0 unspecified atom stereocenters. The van der Waals surface area contributed by atoms with Crippen molar-refractivity contribution in [1.29, 1.82) is 0 Å². The first-order chi connectivity index (χ1) is 6.07. The summed E-state index contributed by atoms with van der Waals surface area (Å²) in [6, 6.07) is 0.169. The van der Waals surface area contributed by atoms with Crippen molar-refractivity contribution < 1.29 is 4.79 Å². The third-order valence-corrected chi connectivity index (χ3v) is 2.61. The Morgan fingerprint density at radius 2 is 2.08 bits per heavy atom. The Labute approximate surface area is 80.3 Å². The van der Waals surface area contributed by atoms with Crippen molar-refractivity contribution in [2.45, 2.75) is 45.7 Å². The van der Waals surface area contributed by atoms with Gasteiger partial charge in [0.05, 0.1) is 6.04 Å². The number of nitrogens with zero attached hydrogens (tertiary/aromatic N) is 1. The molecule has 0 heterocycles. The van der Waals surface area contributed by atoms with Gasteiger partial charge < -0.3 is 10.6 Å². The maximum absolute atomic E-state index is 11.8. The number of hydrogen-bond acceptors (Lipinski definition) is 2. The molecule has 0 bridgehead atoms. The minimum atomic E-state index is -0.319. The molecule has 1 aliphatic carbocycles. The van der Waals surface area contributed by atoms with E-state index in [0.717, 1.165) is 19.4 Å². The summed E-state index contributed by atoms with van der Waals surface area (Å²) in [5.74, 6) is 0.361. The number of carbonyl (C=O) groups excluding carboxylic acids is 1. The van der Waals surface area contributed by atoms with Crippen LogP contribution in [0.2, 0.25) is 0 Å². The van der Waals surface area contributed by atoms with Gasteiger partial charge in [0.15, 0.2) is 0 Å². The van der Waals surface area contributed by atoms with Crippen LogP contribution in [0, 0.1) is 5.92 Å². The molecule has 0 aromatic carbocycles. The number of nitrogens with two attached hydrogens (primary N) is 1. The summed E-state index contributed by atoms with van der Waals surface area (Å²) in [6.07, 6.45) is 2.31. The molecule has 0 saturated heterocycles. The molecule has 0 aliphatic heterocycles. The van der Waals surface area contributed by atoms with Crippen molar-refractivity contribution in [3.63, 3.8) is 0 Å². The van der Waals surface area contributed by atoms with E-state index >= 15 is 0 Å². The molecule has 0 aromatic rings. The third kappa shape index (κ3) is 2.44. The average molecular weight is 184 g/mol. The van der Waals surface area contributed by atoms with Gasteiger partial charge in [-0.15, -0.1) is 0 Å². The van der Waals surface area contributed by atoms with E-state index in [4.69, 9.17) is 5.73 Å². The molecule has 1 fully saturated rings. The average Bonchev–Trinajstić information content (AvgIpc) is 2.88. The zero-order chi connectivity index (χ0) is 10.0. The number of carbonyl (C=O) groups is 1. The first-order valence-corrected chi connectivity index (χ1v) is 5.14. The molecule has 0 radical (unpaired) electrons. The van der Waals surface area contributed by atoms with Gasteiger partial charge in [0.2, 0.25) is 5.91 Å². The lowest BCUT2D eigenvalue weighted by molar-refractivity contribution is -0.133. The predicted octanol–water partition coefficient (Wildman–Crippen LogP) is 0.981. The maximum atomic E-state index is 11.8. The summed E-state index contributed by atoms with van der Waals surface area (Å²) in [4.78, 5) is 13.7. The molecule has 1 amide bonds. The van der Waals surface area contributed by atoms with Crippen LogP contribution in [0.3, 0.4) is 0 Å². The van der Waals surface area contributed by atoms with E-state index in [2.05, 4.69) is 0 Å². The van der Waals surface area contributed by atoms with Gasteiger partial charge >= 0.3 is 0 Å². The Morgan fingerprint density at radius 1 is 1.54 bits per heavy atom. The third-order valence-electron chi connectivity index (χ3n) is 2.61. The van der Waals surface area contributed by atoms with Crippen LogP contribution in [0.1, 0.15) is 33.6 Å². The van der Waals surface area contributed by atoms with Gasteiger partial charge in [-0.3, -0.25) is 4.79 Å². The van der Waals surface area contributed by atoms with Gasteiger partial charge in [0.1, 0.15) is 0 Å². The molecular weight excluding hydrogens is 164 g/mol. The van der Waals surface area contributed by atoms with Crippen LogP contribution < -0.4 is 5.73 Å². The monoisotopic (exact) mass is 184 g/mol. The van der Waals surface area contributed by atoms with E-state index < -0.39 is 0 Å². The fraction of sp³-hybridized carbons (Fsp3) is 0.900. The zero-order valence-corrected chi connectivity index (χ0v) is 8.79. The first-order valence-electron chi connectivity index (χ1n) is 5.14. The van der Waals surface area contributed by atoms with E-state index in [1.807, 2.05) is 25.7 Å². The second kappa shape index (κ2) is 4.09. The second-order valence-electron chi connectivity index (χ2n) is 4.13. The molecule has 76 valence electrons. The largest absolute Gasteiger partial charge is 0.339 e. The molecule has 1 rings (SSSR count). The number of rotatable bonds is 4. The quantitative estimate of drug-likeness (QED) is 0.708. The fourth-order valence-electron chi connectivity index (χ4n) is 1.46. The van der Waals surface area contributed by atoms with Crippen LogP contribution in [-0.2, 0) is 4.79 Å². The molecule has 3 nitrogen and oxygen atoms in total. The van der Waals surface area contributed by atoms with E-state index in [-0.39, 0.29) is 17.9 Å². The van der Waals surface area contributed by atoms with Crippen molar-refractivity contribution in [1.82, 2.24) is 4.90 Å². The van der Waals surface area contributed by atoms with Gasteiger partial charge in [0, 0.05) is 12.6 Å². The molecule has 0 spiro atoms. The van der Waals surface area contributed by atoms with Crippen molar-refractivity contribution >= 4 is 5.91 Å². The van der Waals surface area contributed by atoms with Crippen LogP contribution in [0.5, 0.6) is 0 Å². The molecule has 3 heteroatoms. The highest BCUT2D eigenvalue weighted by Gasteiger charge is 2.34. The number of hydrogen-bond donors (Lipinski definition) is 1. The minimum absolute atomic E-state index is 0.125. The molecular formula is C10H20N2O. The molecule has 2 N–H and O–H groups in total. The van der Waals surface area contributed by atoms with Crippen molar-refractivity contribution in [2.75, 3.05) is 6.54 Å². The Kier molecular flexibility index (Phi) is 3.31. The summed E-state index contributed by atoms with van der Waals surface area (Å²) in [5, 5.41) is 0. The smallest absolute Gasteiger partial charge is 0.239 e. The fourth-order valence-corrected chi connectivity index (χ4v) is 1.46. The van der Waals surface area contributed by atoms with Crippen LogP contribution in [-0.4, -0.2) is 29.4 Å². The van der Waals surface area contributed by atoms with Crippen LogP contribution in [0.4, 0.5) is 0 Å². The first kappa shape index (κ1) is 10.5. The van der Waals surface area contributed by atoms with Crippen molar-refractivity contribution in [3.05, 3.63) is 0 Å². The van der Waals surface area contributed by atoms with E-state index in [1.165, 1.54) is 0 Å². The Morgan fingerprint density at radius 3 is 2.38 bits per heavy atom. The van der Waals surface area contributed by atoms with E-state index in [0.29, 0.717) is 6.04 Å². The summed E-state index contributed by atoms with van der Waals surface area (Å²) < 4.78 is 0. The molecule has 1 saturated carbocycles. The van der Waals surface area contributed by atoms with Gasteiger partial charge in [-0.1, -0.05) is 13.8 Å². The van der Waals surface area contributed by atoms with E-state index in [9.17, 15) is 4.79 Å². The number of likely N-dealkylation sites (N-methyl/N-ethyl adjacent to an activating group) is 1. The molecule has 1 aliphatic rings. The zero-order valence-electron chi connectivity index (χ0n) is 8.79. The van der Waals surface area contributed by atoms with Gasteiger partial charge in [-0.2, -0.15) is 0 Å². The maximum Gasteiger partial charge on any atom is 0.239 e. The van der Waals surface area contributed by atoms with Gasteiger partial charge in [-0.25, -0.2) is 0 Å². The second-order valence-corrected chi connectivity index (χ2v) is 4.13. The Bertz CT molecular complexity index is 187. The van der Waals surface area contributed by atoms with Crippen LogP contribution in [0.15, 0.2) is 0 Å². The standard InChI is InChI=1S/C10H20N2O/c1-4-12(8-5-6-8)10(13)9(11)7(2)3/h7-9H,4-6,11H2,1-3H3/t9-/m1/s1. The SMILES string of the molecule is CCN(C(=O)[C@H](N)C(C)C)C1CC1. The minimum Gasteiger partial charge on any atom is -0.339 e. The Hall–Kier alpha value is -0.570.